The molecule has 1 N–H and O–H groups in total. The molecule has 20 heavy (non-hydrogen) atoms. The molecule has 0 bridgehead atoms. The van der Waals surface area contributed by atoms with Crippen LogP contribution in [0.2, 0.25) is 0 Å². The number of benzene rings is 2. The topological polar surface area (TPSA) is 56.2 Å². The van der Waals surface area contributed by atoms with E-state index in [0.29, 0.717) is 10.1 Å². The minimum absolute atomic E-state index is 0.225. The molecule has 3 rings (SSSR count). The molecule has 1 aromatic heterocycles. The molecular formula is C16H12NO2Se-. The van der Waals surface area contributed by atoms with Crippen LogP contribution in [-0.2, 0) is 5.79 Å². The van der Waals surface area contributed by atoms with Gasteiger partial charge in [-0.15, -0.1) is 0 Å². The van der Waals surface area contributed by atoms with Gasteiger partial charge in [-0.1, -0.05) is 0 Å². The van der Waals surface area contributed by atoms with Gasteiger partial charge < -0.3 is 0 Å². The van der Waals surface area contributed by atoms with E-state index < -0.39 is 5.79 Å². The zero-order chi connectivity index (χ0) is 14.0. The molecule has 0 spiro atoms. The molecule has 0 aliphatic carbocycles. The summed E-state index contributed by atoms with van der Waals surface area (Å²) >= 11 is -0.225. The summed E-state index contributed by atoms with van der Waals surface area (Å²) in [4.78, 5) is 6.28. The van der Waals surface area contributed by atoms with Gasteiger partial charge in [0, 0.05) is 0 Å². The molecule has 0 fully saturated rings. The number of nitrogens with zero attached hydrogens (tertiary/aromatic N) is 1. The fourth-order valence-electron chi connectivity index (χ4n) is 1.96. The van der Waals surface area contributed by atoms with Crippen LogP contribution in [0.25, 0.3) is 11.3 Å². The Bertz CT molecular complexity index is 693. The molecule has 0 saturated heterocycles. The predicted molar refractivity (Wildman–Crippen MR) is 76.1 cm³/mol. The zero-order valence-electron chi connectivity index (χ0n) is 10.6. The van der Waals surface area contributed by atoms with Gasteiger partial charge in [-0.3, -0.25) is 0 Å². The maximum atomic E-state index is 12.5. The molecule has 0 saturated carbocycles. The van der Waals surface area contributed by atoms with Crippen molar-refractivity contribution in [1.82, 2.24) is 4.98 Å². The average molecular weight is 329 g/mol. The van der Waals surface area contributed by atoms with Crippen LogP contribution in [0.3, 0.4) is 0 Å². The SMILES string of the molecule is [O-]C(O)(c1ccccc1)c1nc(-c2ccccc2)c[se]1. The number of aromatic nitrogens is 1. The normalized spacial score (nSPS) is 13.9. The first kappa shape index (κ1) is 13.3. The molecule has 0 aliphatic heterocycles. The second kappa shape index (κ2) is 5.35. The number of aliphatic hydroxyl groups is 1. The van der Waals surface area contributed by atoms with Gasteiger partial charge in [0.2, 0.25) is 0 Å². The molecule has 100 valence electrons. The van der Waals surface area contributed by atoms with Crippen LogP contribution < -0.4 is 5.11 Å². The Kier molecular flexibility index (Phi) is 3.55. The summed E-state index contributed by atoms with van der Waals surface area (Å²) in [5.41, 5.74) is 2.07. The first-order chi connectivity index (χ1) is 9.68. The Morgan fingerprint density at radius 2 is 1.55 bits per heavy atom. The number of hydrogen-bond acceptors (Lipinski definition) is 3. The molecule has 3 nitrogen and oxygen atoms in total. The van der Waals surface area contributed by atoms with E-state index in [4.69, 9.17) is 0 Å². The van der Waals surface area contributed by atoms with Crippen molar-refractivity contribution in [2.75, 3.05) is 0 Å². The maximum absolute atomic E-state index is 12.5. The molecular weight excluding hydrogens is 317 g/mol. The van der Waals surface area contributed by atoms with E-state index in [1.165, 1.54) is 0 Å². The molecule has 0 amide bonds. The summed E-state index contributed by atoms with van der Waals surface area (Å²) in [6.07, 6.45) is 0. The van der Waals surface area contributed by atoms with Crippen molar-refractivity contribution in [3.63, 3.8) is 0 Å². The van der Waals surface area contributed by atoms with Crippen LogP contribution in [0.15, 0.2) is 65.6 Å². The average Bonchev–Trinajstić information content (AvgIpc) is 3.00. The van der Waals surface area contributed by atoms with Gasteiger partial charge in [0.15, 0.2) is 0 Å². The molecule has 1 heterocycles. The van der Waals surface area contributed by atoms with Crippen molar-refractivity contribution in [3.05, 3.63) is 75.7 Å². The fraction of sp³-hybridized carbons (Fsp3) is 0.0625. The molecule has 1 unspecified atom stereocenters. The third-order valence-electron chi connectivity index (χ3n) is 3.03. The molecule has 4 heteroatoms. The van der Waals surface area contributed by atoms with Crippen LogP contribution >= 0.6 is 0 Å². The van der Waals surface area contributed by atoms with Gasteiger partial charge in [0.05, 0.1) is 0 Å². The van der Waals surface area contributed by atoms with Crippen molar-refractivity contribution in [2.45, 2.75) is 5.79 Å². The van der Waals surface area contributed by atoms with E-state index in [1.807, 2.05) is 41.3 Å². The molecule has 3 aromatic rings. The first-order valence-electron chi connectivity index (χ1n) is 6.17. The van der Waals surface area contributed by atoms with Crippen molar-refractivity contribution >= 4 is 14.5 Å². The molecule has 2 aromatic carbocycles. The van der Waals surface area contributed by atoms with Crippen LogP contribution in [0.5, 0.6) is 0 Å². The van der Waals surface area contributed by atoms with E-state index in [2.05, 4.69) is 4.98 Å². The van der Waals surface area contributed by atoms with E-state index in [-0.39, 0.29) is 14.5 Å². The van der Waals surface area contributed by atoms with E-state index >= 15 is 0 Å². The fourth-order valence-corrected chi connectivity index (χ4v) is 3.72. The number of hydrogen-bond donors (Lipinski definition) is 1. The van der Waals surface area contributed by atoms with Crippen molar-refractivity contribution in [2.24, 2.45) is 0 Å². The van der Waals surface area contributed by atoms with Gasteiger partial charge in [-0.25, -0.2) is 0 Å². The van der Waals surface area contributed by atoms with E-state index in [0.717, 1.165) is 11.3 Å². The minimum atomic E-state index is -2.24. The summed E-state index contributed by atoms with van der Waals surface area (Å²) in [5, 5.41) is 22.7. The van der Waals surface area contributed by atoms with Crippen molar-refractivity contribution in [1.29, 1.82) is 0 Å². The second-order valence-corrected chi connectivity index (χ2v) is 6.21. The Balaban J connectivity index is 1.98. The Morgan fingerprint density at radius 3 is 2.20 bits per heavy atom. The van der Waals surface area contributed by atoms with E-state index in [9.17, 15) is 10.2 Å². The summed E-state index contributed by atoms with van der Waals surface area (Å²) in [7, 11) is 0. The summed E-state index contributed by atoms with van der Waals surface area (Å²) in [6.45, 7) is 0. The second-order valence-electron chi connectivity index (χ2n) is 4.41. The third-order valence-corrected chi connectivity index (χ3v) is 4.98. The van der Waals surface area contributed by atoms with Gasteiger partial charge in [-0.05, 0) is 0 Å². The van der Waals surface area contributed by atoms with Gasteiger partial charge >= 0.3 is 122 Å². The Morgan fingerprint density at radius 1 is 0.950 bits per heavy atom. The zero-order valence-corrected chi connectivity index (χ0v) is 12.3. The molecule has 0 aliphatic rings. The van der Waals surface area contributed by atoms with Crippen LogP contribution in [0.1, 0.15) is 10.1 Å². The number of rotatable bonds is 3. The summed E-state index contributed by atoms with van der Waals surface area (Å²) < 4.78 is 0.301. The van der Waals surface area contributed by atoms with Gasteiger partial charge in [0.1, 0.15) is 0 Å². The third kappa shape index (κ3) is 2.47. The molecule has 0 radical (unpaired) electrons. The molecule has 1 atom stereocenters. The monoisotopic (exact) mass is 330 g/mol. The Labute approximate surface area is 122 Å². The predicted octanol–water partition coefficient (Wildman–Crippen LogP) is 1.36. The van der Waals surface area contributed by atoms with Gasteiger partial charge in [0.25, 0.3) is 0 Å². The standard InChI is InChI=1S/C16H12NO2Se/c18-16(19,13-9-5-2-6-10-13)15-17-14(11-20-15)12-7-3-1-4-8-12/h1-11,18H/q-1. The summed E-state index contributed by atoms with van der Waals surface area (Å²) in [5.74, 6) is -2.24. The Hall–Kier alpha value is -1.71. The van der Waals surface area contributed by atoms with Crippen LogP contribution in [0.4, 0.5) is 0 Å². The first-order valence-corrected chi connectivity index (χ1v) is 8.02. The van der Waals surface area contributed by atoms with E-state index in [1.54, 1.807) is 24.3 Å². The van der Waals surface area contributed by atoms with Gasteiger partial charge in [-0.2, -0.15) is 0 Å². The van der Waals surface area contributed by atoms with Crippen LogP contribution in [-0.4, -0.2) is 24.6 Å². The van der Waals surface area contributed by atoms with Crippen LogP contribution in [0, 0.1) is 0 Å². The van der Waals surface area contributed by atoms with Crippen molar-refractivity contribution < 1.29 is 10.2 Å². The quantitative estimate of drug-likeness (QED) is 0.583. The van der Waals surface area contributed by atoms with Crippen molar-refractivity contribution in [3.8, 4) is 11.3 Å². The summed E-state index contributed by atoms with van der Waals surface area (Å²) in [6, 6.07) is 18.2.